The average Bonchev–Trinajstić information content (AvgIpc) is 3.28. The first kappa shape index (κ1) is 24.8. The van der Waals surface area contributed by atoms with Gasteiger partial charge >= 0.3 is 0 Å². The minimum Gasteiger partial charge on any atom is -0.381 e. The minimum atomic E-state index is -0.146. The van der Waals surface area contributed by atoms with E-state index in [0.717, 1.165) is 70.0 Å². The molecule has 9 nitrogen and oxygen atoms in total. The Bertz CT molecular complexity index is 1090. The molecule has 1 unspecified atom stereocenters. The van der Waals surface area contributed by atoms with Gasteiger partial charge in [0, 0.05) is 63.6 Å². The summed E-state index contributed by atoms with van der Waals surface area (Å²) in [6.07, 6.45) is 4.36. The summed E-state index contributed by atoms with van der Waals surface area (Å²) in [7, 11) is 0. The van der Waals surface area contributed by atoms with Crippen molar-refractivity contribution in [2.24, 2.45) is 4.99 Å². The molecule has 5 rings (SSSR count). The number of amides is 1. The van der Waals surface area contributed by atoms with E-state index in [1.54, 1.807) is 13.3 Å². The zero-order valence-corrected chi connectivity index (χ0v) is 21.4. The van der Waals surface area contributed by atoms with Gasteiger partial charge in [-0.15, -0.1) is 0 Å². The highest BCUT2D eigenvalue weighted by molar-refractivity contribution is 6.38. The number of piperazine rings is 1. The molecule has 3 aliphatic heterocycles. The Kier molecular flexibility index (Phi) is 7.89. The molecule has 1 atom stereocenters. The fourth-order valence-corrected chi connectivity index (χ4v) is 5.35. The fourth-order valence-electron chi connectivity index (χ4n) is 5.35. The number of nitrogens with zero attached hydrogens (tertiary/aromatic N) is 5. The summed E-state index contributed by atoms with van der Waals surface area (Å²) in [4.78, 5) is 31.6. The lowest BCUT2D eigenvalue weighted by Crippen LogP contribution is -2.44. The molecule has 2 saturated heterocycles. The first-order chi connectivity index (χ1) is 17.6. The number of carbonyl (C=O) groups excluding carboxylic acids is 1. The van der Waals surface area contributed by atoms with E-state index in [0.29, 0.717) is 30.5 Å². The maximum atomic E-state index is 12.9. The van der Waals surface area contributed by atoms with E-state index >= 15 is 0 Å². The summed E-state index contributed by atoms with van der Waals surface area (Å²) >= 11 is 0. The number of aromatic nitrogens is 2. The van der Waals surface area contributed by atoms with Crippen molar-refractivity contribution < 1.29 is 9.53 Å². The molecule has 9 heteroatoms. The standard InChI is InChI=1S/C27H37N7O2/c1-19-25(31-20(2)27(35)32-22-8-15-36-16-9-22)26(30-18-29-19)34-17-21(23-5-3-4-6-24(23)34)7-12-33-13-10-28-11-14-33/h3-6,18,21-22,28H,7-17H2,1-2H3,(H,32,35)/b31-20+. The van der Waals surface area contributed by atoms with E-state index in [4.69, 9.17) is 9.73 Å². The molecule has 36 heavy (non-hydrogen) atoms. The summed E-state index contributed by atoms with van der Waals surface area (Å²) in [5.74, 6) is 1.03. The number of rotatable bonds is 7. The summed E-state index contributed by atoms with van der Waals surface area (Å²) < 4.78 is 5.41. The average molecular weight is 492 g/mol. The zero-order chi connectivity index (χ0) is 24.9. The highest BCUT2D eigenvalue weighted by atomic mass is 16.5. The van der Waals surface area contributed by atoms with Gasteiger partial charge in [0.15, 0.2) is 5.82 Å². The van der Waals surface area contributed by atoms with E-state index in [1.165, 1.54) is 11.3 Å². The van der Waals surface area contributed by atoms with Crippen LogP contribution in [0.2, 0.25) is 0 Å². The predicted octanol–water partition coefficient (Wildman–Crippen LogP) is 2.70. The molecular formula is C27H37N7O2. The molecule has 1 aromatic heterocycles. The Morgan fingerprint density at radius 3 is 2.78 bits per heavy atom. The number of hydrogen-bond donors (Lipinski definition) is 2. The molecule has 2 fully saturated rings. The van der Waals surface area contributed by atoms with Crippen molar-refractivity contribution in [1.29, 1.82) is 0 Å². The molecule has 0 spiro atoms. The van der Waals surface area contributed by atoms with Crippen molar-refractivity contribution >= 4 is 28.8 Å². The van der Waals surface area contributed by atoms with Crippen LogP contribution >= 0.6 is 0 Å². The van der Waals surface area contributed by atoms with Crippen LogP contribution < -0.4 is 15.5 Å². The first-order valence-electron chi connectivity index (χ1n) is 13.1. The molecule has 0 bridgehead atoms. The van der Waals surface area contributed by atoms with Crippen LogP contribution in [-0.4, -0.2) is 85.0 Å². The highest BCUT2D eigenvalue weighted by Crippen LogP contribution is 2.44. The van der Waals surface area contributed by atoms with Gasteiger partial charge in [0.05, 0.1) is 5.69 Å². The second-order valence-corrected chi connectivity index (χ2v) is 9.94. The number of fused-ring (bicyclic) bond motifs is 1. The van der Waals surface area contributed by atoms with E-state index in [2.05, 4.69) is 54.7 Å². The number of aliphatic imine (C=N–C) groups is 1. The van der Waals surface area contributed by atoms with Crippen LogP contribution in [0.25, 0.3) is 0 Å². The molecule has 0 radical (unpaired) electrons. The van der Waals surface area contributed by atoms with Crippen molar-refractivity contribution in [3.63, 3.8) is 0 Å². The van der Waals surface area contributed by atoms with Crippen LogP contribution in [0, 0.1) is 6.92 Å². The minimum absolute atomic E-state index is 0.130. The number of anilines is 2. The third-order valence-electron chi connectivity index (χ3n) is 7.48. The fraction of sp³-hybridized carbons (Fsp3) is 0.556. The van der Waals surface area contributed by atoms with E-state index < -0.39 is 0 Å². The van der Waals surface area contributed by atoms with Crippen LogP contribution in [0.15, 0.2) is 35.6 Å². The topological polar surface area (TPSA) is 95.0 Å². The summed E-state index contributed by atoms with van der Waals surface area (Å²) in [6, 6.07) is 8.73. The lowest BCUT2D eigenvalue weighted by molar-refractivity contribution is -0.116. The molecule has 1 amide bonds. The molecule has 1 aromatic carbocycles. The molecule has 0 aliphatic carbocycles. The second kappa shape index (κ2) is 11.5. The highest BCUT2D eigenvalue weighted by Gasteiger charge is 2.32. The van der Waals surface area contributed by atoms with E-state index in [-0.39, 0.29) is 11.9 Å². The Hall–Kier alpha value is -2.88. The van der Waals surface area contributed by atoms with Crippen LogP contribution in [0.1, 0.15) is 43.4 Å². The number of para-hydroxylation sites is 1. The Morgan fingerprint density at radius 1 is 1.19 bits per heavy atom. The third kappa shape index (κ3) is 5.58. The summed E-state index contributed by atoms with van der Waals surface area (Å²) in [5, 5.41) is 6.54. The number of ether oxygens (including phenoxy) is 1. The van der Waals surface area contributed by atoms with Gasteiger partial charge in [0.1, 0.15) is 17.7 Å². The number of nitrogens with one attached hydrogen (secondary N) is 2. The van der Waals surface area contributed by atoms with Crippen LogP contribution in [0.4, 0.5) is 17.2 Å². The number of aryl methyl sites for hydroxylation is 1. The third-order valence-corrected chi connectivity index (χ3v) is 7.48. The lowest BCUT2D eigenvalue weighted by Gasteiger charge is -2.28. The zero-order valence-electron chi connectivity index (χ0n) is 21.4. The molecular weight excluding hydrogens is 454 g/mol. The maximum Gasteiger partial charge on any atom is 0.265 e. The van der Waals surface area contributed by atoms with Gasteiger partial charge in [-0.1, -0.05) is 18.2 Å². The molecule has 2 N–H and O–H groups in total. The molecule has 4 heterocycles. The second-order valence-electron chi connectivity index (χ2n) is 9.94. The maximum absolute atomic E-state index is 12.9. The van der Waals surface area contributed by atoms with Crippen molar-refractivity contribution in [3.05, 3.63) is 41.9 Å². The Labute approximate surface area is 213 Å². The first-order valence-corrected chi connectivity index (χ1v) is 13.1. The number of benzene rings is 1. The smallest absolute Gasteiger partial charge is 0.265 e. The van der Waals surface area contributed by atoms with Crippen LogP contribution in [-0.2, 0) is 9.53 Å². The van der Waals surface area contributed by atoms with Crippen LogP contribution in [0.3, 0.4) is 0 Å². The van der Waals surface area contributed by atoms with Gasteiger partial charge in [-0.25, -0.2) is 15.0 Å². The van der Waals surface area contributed by atoms with Gasteiger partial charge in [0.2, 0.25) is 0 Å². The molecule has 192 valence electrons. The largest absolute Gasteiger partial charge is 0.381 e. The predicted molar refractivity (Wildman–Crippen MR) is 142 cm³/mol. The number of hydrogen-bond acceptors (Lipinski definition) is 8. The summed E-state index contributed by atoms with van der Waals surface area (Å²) in [6.45, 7) is 11.3. The van der Waals surface area contributed by atoms with Crippen molar-refractivity contribution in [3.8, 4) is 0 Å². The Morgan fingerprint density at radius 2 is 1.97 bits per heavy atom. The van der Waals surface area contributed by atoms with Crippen LogP contribution in [0.5, 0.6) is 0 Å². The van der Waals surface area contributed by atoms with E-state index in [1.807, 2.05) is 6.92 Å². The van der Waals surface area contributed by atoms with Gasteiger partial charge in [-0.3, -0.25) is 4.79 Å². The quantitative estimate of drug-likeness (QED) is 0.575. The monoisotopic (exact) mass is 491 g/mol. The molecule has 3 aliphatic rings. The normalized spacial score (nSPS) is 21.4. The van der Waals surface area contributed by atoms with Crippen molar-refractivity contribution in [2.45, 2.75) is 45.1 Å². The number of carbonyl (C=O) groups is 1. The van der Waals surface area contributed by atoms with Gasteiger partial charge in [-0.05, 0) is 51.3 Å². The van der Waals surface area contributed by atoms with Gasteiger partial charge in [-0.2, -0.15) is 0 Å². The summed E-state index contributed by atoms with van der Waals surface area (Å²) in [5.41, 5.74) is 4.37. The Balaban J connectivity index is 1.37. The van der Waals surface area contributed by atoms with E-state index in [9.17, 15) is 4.79 Å². The molecule has 2 aromatic rings. The van der Waals surface area contributed by atoms with Crippen molar-refractivity contribution in [2.75, 3.05) is 57.4 Å². The molecule has 0 saturated carbocycles. The SMILES string of the molecule is C/C(=N\c1c(C)ncnc1N1CC(CCN2CCNCC2)c2ccccc21)C(=O)NC1CCOCC1. The van der Waals surface area contributed by atoms with Gasteiger partial charge in [0.25, 0.3) is 5.91 Å². The van der Waals surface area contributed by atoms with Crippen molar-refractivity contribution in [1.82, 2.24) is 25.5 Å². The lowest BCUT2D eigenvalue weighted by atomic mass is 9.97. The van der Waals surface area contributed by atoms with Gasteiger partial charge < -0.3 is 25.2 Å².